The van der Waals surface area contributed by atoms with E-state index in [1.807, 2.05) is 36.8 Å². The molecule has 0 radical (unpaired) electrons. The van der Waals surface area contributed by atoms with Gasteiger partial charge in [-0.2, -0.15) is 0 Å². The molecule has 2 rings (SSSR count). The van der Waals surface area contributed by atoms with Crippen molar-refractivity contribution < 1.29 is 4.74 Å². The van der Waals surface area contributed by atoms with Gasteiger partial charge in [0, 0.05) is 28.9 Å². The number of aromatic nitrogens is 1. The zero-order valence-electron chi connectivity index (χ0n) is 10.4. The Bertz CT molecular complexity index is 474. The van der Waals surface area contributed by atoms with Crippen LogP contribution in [0.3, 0.4) is 0 Å². The second-order valence-corrected chi connectivity index (χ2v) is 5.85. The topological polar surface area (TPSA) is 34.2 Å². The number of nitrogens with zero attached hydrogens (tertiary/aromatic N) is 1. The molecule has 0 saturated carbocycles. The number of para-hydroxylation sites is 1. The first-order chi connectivity index (χ1) is 8.85. The zero-order valence-corrected chi connectivity index (χ0v) is 12.1. The van der Waals surface area contributed by atoms with Crippen LogP contribution >= 0.6 is 23.1 Å². The van der Waals surface area contributed by atoms with E-state index < -0.39 is 0 Å². The van der Waals surface area contributed by atoms with Crippen LogP contribution in [0.4, 0.5) is 0 Å². The molecule has 5 heteroatoms. The maximum atomic E-state index is 5.40. The van der Waals surface area contributed by atoms with Gasteiger partial charge in [0.1, 0.15) is 10.1 Å². The Balaban J connectivity index is 2.08. The van der Waals surface area contributed by atoms with Gasteiger partial charge in [0.25, 0.3) is 0 Å². The predicted molar refractivity (Wildman–Crippen MR) is 77.6 cm³/mol. The molecule has 0 fully saturated rings. The molecule has 18 heavy (non-hydrogen) atoms. The molecule has 0 saturated heterocycles. The zero-order chi connectivity index (χ0) is 12.8. The Morgan fingerprint density at radius 3 is 2.94 bits per heavy atom. The third kappa shape index (κ3) is 3.25. The van der Waals surface area contributed by atoms with Crippen LogP contribution in [0, 0.1) is 0 Å². The number of ether oxygens (including phenoxy) is 1. The van der Waals surface area contributed by atoms with Gasteiger partial charge in [0.05, 0.1) is 7.11 Å². The fourth-order valence-corrected chi connectivity index (χ4v) is 3.51. The van der Waals surface area contributed by atoms with Gasteiger partial charge in [-0.3, -0.25) is 0 Å². The van der Waals surface area contributed by atoms with E-state index in [0.717, 1.165) is 15.8 Å². The van der Waals surface area contributed by atoms with Crippen LogP contribution in [-0.4, -0.2) is 24.9 Å². The van der Waals surface area contributed by atoms with Crippen molar-refractivity contribution in [1.29, 1.82) is 0 Å². The highest BCUT2D eigenvalue weighted by Gasteiger charge is 2.14. The maximum absolute atomic E-state index is 5.40. The lowest BCUT2D eigenvalue weighted by Gasteiger charge is -2.18. The Labute approximate surface area is 116 Å². The normalized spacial score (nSPS) is 12.3. The summed E-state index contributed by atoms with van der Waals surface area (Å²) in [7, 11) is 3.68. The molecule has 1 aromatic carbocycles. The molecule has 0 amide bonds. The lowest BCUT2D eigenvalue weighted by molar-refractivity contribution is 0.404. The summed E-state index contributed by atoms with van der Waals surface area (Å²) in [5.41, 5.74) is 1.19. The molecule has 2 aromatic rings. The Kier molecular flexibility index (Phi) is 5.04. The van der Waals surface area contributed by atoms with Crippen LogP contribution in [0.5, 0.6) is 5.75 Å². The smallest absolute Gasteiger partial charge is 0.149 e. The SMILES string of the molecule is CNC(CSc1nccs1)c1ccccc1OC. The molecular formula is C13H16N2OS2. The third-order valence-corrected chi connectivity index (χ3v) is 4.71. The van der Waals surface area contributed by atoms with Crippen LogP contribution in [0.2, 0.25) is 0 Å². The quantitative estimate of drug-likeness (QED) is 0.824. The molecule has 1 unspecified atom stereocenters. The van der Waals surface area contributed by atoms with Gasteiger partial charge in [-0.1, -0.05) is 30.0 Å². The molecule has 0 spiro atoms. The molecular weight excluding hydrogens is 264 g/mol. The molecule has 1 atom stereocenters. The lowest BCUT2D eigenvalue weighted by atomic mass is 10.1. The van der Waals surface area contributed by atoms with Gasteiger partial charge in [0.2, 0.25) is 0 Å². The highest BCUT2D eigenvalue weighted by atomic mass is 32.2. The number of thioether (sulfide) groups is 1. The highest BCUT2D eigenvalue weighted by Crippen LogP contribution is 2.30. The second kappa shape index (κ2) is 6.78. The largest absolute Gasteiger partial charge is 0.496 e. The summed E-state index contributed by atoms with van der Waals surface area (Å²) in [4.78, 5) is 4.28. The van der Waals surface area contributed by atoms with Crippen molar-refractivity contribution in [3.63, 3.8) is 0 Å². The number of hydrogen-bond donors (Lipinski definition) is 1. The molecule has 0 aliphatic rings. The highest BCUT2D eigenvalue weighted by molar-refractivity contribution is 8.01. The molecule has 96 valence electrons. The third-order valence-electron chi connectivity index (χ3n) is 2.65. The summed E-state index contributed by atoms with van der Waals surface area (Å²) in [5, 5.41) is 5.33. The number of thiazole rings is 1. The van der Waals surface area contributed by atoms with E-state index in [9.17, 15) is 0 Å². The average molecular weight is 280 g/mol. The standard InChI is InChI=1S/C13H16N2OS2/c1-14-11(9-18-13-15-7-8-17-13)10-5-3-4-6-12(10)16-2/h3-8,11,14H,9H2,1-2H3. The number of rotatable bonds is 6. The van der Waals surface area contributed by atoms with E-state index in [1.165, 1.54) is 5.56 Å². The first-order valence-electron chi connectivity index (χ1n) is 5.67. The van der Waals surface area contributed by atoms with Crippen LogP contribution in [0.25, 0.3) is 0 Å². The number of hydrogen-bond acceptors (Lipinski definition) is 5. The fourth-order valence-electron chi connectivity index (χ4n) is 1.72. The van der Waals surface area contributed by atoms with Gasteiger partial charge < -0.3 is 10.1 Å². The van der Waals surface area contributed by atoms with E-state index in [0.29, 0.717) is 0 Å². The summed E-state index contributed by atoms with van der Waals surface area (Å²) in [6.07, 6.45) is 1.84. The second-order valence-electron chi connectivity index (χ2n) is 3.69. The summed E-state index contributed by atoms with van der Waals surface area (Å²) >= 11 is 3.44. The predicted octanol–water partition coefficient (Wildman–Crippen LogP) is 3.20. The summed E-state index contributed by atoms with van der Waals surface area (Å²) in [5.74, 6) is 1.86. The van der Waals surface area contributed by atoms with E-state index in [-0.39, 0.29) is 6.04 Å². The van der Waals surface area contributed by atoms with Crippen molar-refractivity contribution >= 4 is 23.1 Å². The molecule has 0 bridgehead atoms. The Morgan fingerprint density at radius 2 is 2.28 bits per heavy atom. The first-order valence-corrected chi connectivity index (χ1v) is 7.54. The van der Waals surface area contributed by atoms with Gasteiger partial charge in [-0.05, 0) is 13.1 Å². The van der Waals surface area contributed by atoms with Crippen molar-refractivity contribution in [2.45, 2.75) is 10.4 Å². The number of nitrogens with one attached hydrogen (secondary N) is 1. The lowest BCUT2D eigenvalue weighted by Crippen LogP contribution is -2.19. The number of benzene rings is 1. The van der Waals surface area contributed by atoms with Crippen molar-refractivity contribution in [2.24, 2.45) is 0 Å². The summed E-state index contributed by atoms with van der Waals surface area (Å²) in [6.45, 7) is 0. The van der Waals surface area contributed by atoms with E-state index in [2.05, 4.69) is 16.4 Å². The molecule has 1 aromatic heterocycles. The van der Waals surface area contributed by atoms with E-state index in [4.69, 9.17) is 4.74 Å². The Morgan fingerprint density at radius 1 is 1.44 bits per heavy atom. The van der Waals surface area contributed by atoms with E-state index in [1.54, 1.807) is 30.2 Å². The molecule has 0 aliphatic heterocycles. The minimum Gasteiger partial charge on any atom is -0.496 e. The van der Waals surface area contributed by atoms with E-state index >= 15 is 0 Å². The maximum Gasteiger partial charge on any atom is 0.149 e. The first kappa shape index (κ1) is 13.4. The number of methoxy groups -OCH3 is 1. The molecule has 3 nitrogen and oxygen atoms in total. The van der Waals surface area contributed by atoms with Crippen molar-refractivity contribution in [2.75, 3.05) is 19.9 Å². The Hall–Kier alpha value is -1.04. The minimum absolute atomic E-state index is 0.259. The summed E-state index contributed by atoms with van der Waals surface area (Å²) in [6, 6.07) is 8.38. The van der Waals surface area contributed by atoms with Gasteiger partial charge in [0.15, 0.2) is 0 Å². The fraction of sp³-hybridized carbons (Fsp3) is 0.308. The van der Waals surface area contributed by atoms with Crippen molar-refractivity contribution in [1.82, 2.24) is 10.3 Å². The molecule has 0 aliphatic carbocycles. The molecule has 1 heterocycles. The van der Waals surface area contributed by atoms with Crippen LogP contribution in [-0.2, 0) is 0 Å². The van der Waals surface area contributed by atoms with Crippen molar-refractivity contribution in [3.05, 3.63) is 41.4 Å². The van der Waals surface area contributed by atoms with Crippen molar-refractivity contribution in [3.8, 4) is 5.75 Å². The van der Waals surface area contributed by atoms with Gasteiger partial charge in [-0.25, -0.2) is 4.98 Å². The van der Waals surface area contributed by atoms with Crippen LogP contribution < -0.4 is 10.1 Å². The van der Waals surface area contributed by atoms with Crippen LogP contribution in [0.1, 0.15) is 11.6 Å². The van der Waals surface area contributed by atoms with Gasteiger partial charge >= 0.3 is 0 Å². The molecule has 1 N–H and O–H groups in total. The van der Waals surface area contributed by atoms with Gasteiger partial charge in [-0.15, -0.1) is 11.3 Å². The minimum atomic E-state index is 0.259. The monoisotopic (exact) mass is 280 g/mol. The summed E-state index contributed by atoms with van der Waals surface area (Å²) < 4.78 is 6.50. The average Bonchev–Trinajstić information content (AvgIpc) is 2.93. The van der Waals surface area contributed by atoms with Crippen LogP contribution in [0.15, 0.2) is 40.2 Å².